The van der Waals surface area contributed by atoms with Gasteiger partial charge < -0.3 is 15.7 Å². The summed E-state index contributed by atoms with van der Waals surface area (Å²) in [5.41, 5.74) is 1.57. The Bertz CT molecular complexity index is 553. The SMILES string of the molecule is CC(CCCO)NC(=O)Nc1ccc(-n2ccnn2)cc1. The molecule has 0 spiro atoms. The first-order valence-corrected chi connectivity index (χ1v) is 6.84. The summed E-state index contributed by atoms with van der Waals surface area (Å²) in [5, 5.41) is 22.0. The van der Waals surface area contributed by atoms with Gasteiger partial charge in [-0.05, 0) is 44.0 Å². The zero-order valence-electron chi connectivity index (χ0n) is 11.9. The third-order valence-electron chi connectivity index (χ3n) is 2.98. The Morgan fingerprint density at radius 1 is 1.38 bits per heavy atom. The highest BCUT2D eigenvalue weighted by molar-refractivity contribution is 5.89. The molecule has 0 fully saturated rings. The second-order valence-corrected chi connectivity index (χ2v) is 4.76. The van der Waals surface area contributed by atoms with Crippen molar-refractivity contribution in [3.63, 3.8) is 0 Å². The third kappa shape index (κ3) is 4.57. The van der Waals surface area contributed by atoms with Crippen molar-refractivity contribution in [3.05, 3.63) is 36.7 Å². The Morgan fingerprint density at radius 3 is 2.76 bits per heavy atom. The lowest BCUT2D eigenvalue weighted by Gasteiger charge is -2.14. The number of anilines is 1. The number of urea groups is 1. The van der Waals surface area contributed by atoms with Crippen molar-refractivity contribution in [3.8, 4) is 5.69 Å². The van der Waals surface area contributed by atoms with Gasteiger partial charge in [-0.1, -0.05) is 5.21 Å². The molecular formula is C14H19N5O2. The van der Waals surface area contributed by atoms with Crippen LogP contribution >= 0.6 is 0 Å². The highest BCUT2D eigenvalue weighted by atomic mass is 16.3. The highest BCUT2D eigenvalue weighted by Gasteiger charge is 2.07. The number of aliphatic hydroxyl groups excluding tert-OH is 1. The van der Waals surface area contributed by atoms with Crippen LogP contribution in [0.5, 0.6) is 0 Å². The Morgan fingerprint density at radius 2 is 2.14 bits per heavy atom. The van der Waals surface area contributed by atoms with E-state index in [1.165, 1.54) is 0 Å². The summed E-state index contributed by atoms with van der Waals surface area (Å²) in [6.07, 6.45) is 4.77. The number of hydrogen-bond donors (Lipinski definition) is 3. The Balaban J connectivity index is 1.87. The molecule has 0 aliphatic heterocycles. The van der Waals surface area contributed by atoms with E-state index >= 15 is 0 Å². The predicted molar refractivity (Wildman–Crippen MR) is 79.3 cm³/mol. The summed E-state index contributed by atoms with van der Waals surface area (Å²) in [6, 6.07) is 7.06. The first-order chi connectivity index (χ1) is 10.2. The van der Waals surface area contributed by atoms with E-state index in [0.717, 1.165) is 12.1 Å². The molecule has 1 aromatic carbocycles. The number of benzene rings is 1. The Hall–Kier alpha value is -2.41. The minimum Gasteiger partial charge on any atom is -0.396 e. The quantitative estimate of drug-likeness (QED) is 0.752. The molecule has 3 N–H and O–H groups in total. The van der Waals surface area contributed by atoms with Gasteiger partial charge in [0.25, 0.3) is 0 Å². The minimum absolute atomic E-state index is 0.0200. The average Bonchev–Trinajstić information content (AvgIpc) is 3.00. The summed E-state index contributed by atoms with van der Waals surface area (Å²) in [6.45, 7) is 2.04. The fourth-order valence-corrected chi connectivity index (χ4v) is 1.90. The Kier molecular flexibility index (Phi) is 5.28. The van der Waals surface area contributed by atoms with Crippen molar-refractivity contribution >= 4 is 11.7 Å². The van der Waals surface area contributed by atoms with Gasteiger partial charge in [0.1, 0.15) is 0 Å². The lowest BCUT2D eigenvalue weighted by molar-refractivity contribution is 0.245. The van der Waals surface area contributed by atoms with Crippen molar-refractivity contribution in [2.75, 3.05) is 11.9 Å². The number of hydrogen-bond acceptors (Lipinski definition) is 4. The first-order valence-electron chi connectivity index (χ1n) is 6.84. The van der Waals surface area contributed by atoms with E-state index in [2.05, 4.69) is 20.9 Å². The fraction of sp³-hybridized carbons (Fsp3) is 0.357. The van der Waals surface area contributed by atoms with Gasteiger partial charge in [0, 0.05) is 18.3 Å². The third-order valence-corrected chi connectivity index (χ3v) is 2.98. The maximum absolute atomic E-state index is 11.8. The molecule has 1 atom stereocenters. The number of aromatic nitrogens is 3. The van der Waals surface area contributed by atoms with Crippen molar-refractivity contribution in [1.82, 2.24) is 20.3 Å². The van der Waals surface area contributed by atoms with E-state index in [0.29, 0.717) is 12.1 Å². The van der Waals surface area contributed by atoms with Gasteiger partial charge in [0.05, 0.1) is 18.1 Å². The van der Waals surface area contributed by atoms with Gasteiger partial charge in [-0.25, -0.2) is 9.48 Å². The first kappa shape index (κ1) is 15.0. The summed E-state index contributed by atoms with van der Waals surface area (Å²) in [7, 11) is 0. The van der Waals surface area contributed by atoms with E-state index in [9.17, 15) is 4.79 Å². The largest absolute Gasteiger partial charge is 0.396 e. The van der Waals surface area contributed by atoms with Crippen molar-refractivity contribution in [2.45, 2.75) is 25.8 Å². The van der Waals surface area contributed by atoms with E-state index < -0.39 is 0 Å². The molecule has 0 saturated carbocycles. The zero-order valence-corrected chi connectivity index (χ0v) is 11.9. The van der Waals surface area contributed by atoms with Crippen LogP contribution in [0.15, 0.2) is 36.7 Å². The van der Waals surface area contributed by atoms with Crippen LogP contribution in [0.25, 0.3) is 5.69 Å². The molecule has 0 aliphatic carbocycles. The topological polar surface area (TPSA) is 92.1 Å². The monoisotopic (exact) mass is 289 g/mol. The second kappa shape index (κ2) is 7.39. The average molecular weight is 289 g/mol. The lowest BCUT2D eigenvalue weighted by atomic mass is 10.2. The molecular weight excluding hydrogens is 270 g/mol. The predicted octanol–water partition coefficient (Wildman–Crippen LogP) is 1.55. The van der Waals surface area contributed by atoms with E-state index in [1.54, 1.807) is 29.2 Å². The van der Waals surface area contributed by atoms with Crippen LogP contribution < -0.4 is 10.6 Å². The fourth-order valence-electron chi connectivity index (χ4n) is 1.90. The summed E-state index contributed by atoms with van der Waals surface area (Å²) in [5.74, 6) is 0. The van der Waals surface area contributed by atoms with Gasteiger partial charge in [-0.3, -0.25) is 0 Å². The molecule has 1 aromatic heterocycles. The molecule has 0 radical (unpaired) electrons. The minimum atomic E-state index is -0.256. The highest BCUT2D eigenvalue weighted by Crippen LogP contribution is 2.12. The smallest absolute Gasteiger partial charge is 0.319 e. The van der Waals surface area contributed by atoms with Crippen LogP contribution in [-0.4, -0.2) is 38.8 Å². The van der Waals surface area contributed by atoms with Gasteiger partial charge in [0.2, 0.25) is 0 Å². The molecule has 1 heterocycles. The van der Waals surface area contributed by atoms with Crippen LogP contribution in [0.2, 0.25) is 0 Å². The van der Waals surface area contributed by atoms with Crippen LogP contribution in [0, 0.1) is 0 Å². The van der Waals surface area contributed by atoms with Crippen LogP contribution in [0.3, 0.4) is 0 Å². The lowest BCUT2D eigenvalue weighted by Crippen LogP contribution is -2.36. The summed E-state index contributed by atoms with van der Waals surface area (Å²) in [4.78, 5) is 11.8. The number of amides is 2. The maximum Gasteiger partial charge on any atom is 0.319 e. The normalized spacial score (nSPS) is 11.9. The standard InChI is InChI=1S/C14H19N5O2/c1-11(3-2-10-20)16-14(21)17-12-4-6-13(7-5-12)19-9-8-15-18-19/h4-9,11,20H,2-3,10H2,1H3,(H2,16,17,21). The molecule has 21 heavy (non-hydrogen) atoms. The molecule has 2 aromatic rings. The van der Waals surface area contributed by atoms with E-state index in [4.69, 9.17) is 5.11 Å². The molecule has 7 heteroatoms. The van der Waals surface area contributed by atoms with Crippen molar-refractivity contribution in [1.29, 1.82) is 0 Å². The summed E-state index contributed by atoms with van der Waals surface area (Å²) < 4.78 is 1.64. The number of nitrogens with zero attached hydrogens (tertiary/aromatic N) is 3. The van der Waals surface area contributed by atoms with Crippen molar-refractivity contribution < 1.29 is 9.90 Å². The van der Waals surface area contributed by atoms with Crippen molar-refractivity contribution in [2.24, 2.45) is 0 Å². The van der Waals surface area contributed by atoms with E-state index in [-0.39, 0.29) is 18.7 Å². The molecule has 7 nitrogen and oxygen atoms in total. The van der Waals surface area contributed by atoms with Gasteiger partial charge in [-0.2, -0.15) is 0 Å². The zero-order chi connectivity index (χ0) is 15.1. The van der Waals surface area contributed by atoms with Crippen LogP contribution in [-0.2, 0) is 0 Å². The summed E-state index contributed by atoms with van der Waals surface area (Å²) >= 11 is 0. The van der Waals surface area contributed by atoms with Crippen LogP contribution in [0.4, 0.5) is 10.5 Å². The maximum atomic E-state index is 11.8. The number of nitrogens with one attached hydrogen (secondary N) is 2. The molecule has 0 saturated heterocycles. The number of rotatable bonds is 6. The van der Waals surface area contributed by atoms with E-state index in [1.807, 2.05) is 19.1 Å². The molecule has 0 bridgehead atoms. The molecule has 0 aliphatic rings. The van der Waals surface area contributed by atoms with Crippen LogP contribution in [0.1, 0.15) is 19.8 Å². The van der Waals surface area contributed by atoms with Gasteiger partial charge >= 0.3 is 6.03 Å². The van der Waals surface area contributed by atoms with Gasteiger partial charge in [-0.15, -0.1) is 5.10 Å². The Labute approximate surface area is 123 Å². The molecule has 2 amide bonds. The molecule has 1 unspecified atom stereocenters. The van der Waals surface area contributed by atoms with Gasteiger partial charge in [0.15, 0.2) is 0 Å². The number of aliphatic hydroxyl groups is 1. The number of carbonyl (C=O) groups is 1. The number of carbonyl (C=O) groups excluding carboxylic acids is 1. The second-order valence-electron chi connectivity index (χ2n) is 4.76. The molecule has 2 rings (SSSR count). The molecule has 112 valence electrons.